The number of phenolic OH excluding ortho intramolecular Hbond substituents is 1. The van der Waals surface area contributed by atoms with Gasteiger partial charge in [0.25, 0.3) is 5.91 Å². The number of hydrogen-bond donors (Lipinski definition) is 3. The molecule has 0 saturated carbocycles. The summed E-state index contributed by atoms with van der Waals surface area (Å²) in [5.41, 5.74) is 4.43. The van der Waals surface area contributed by atoms with Crippen molar-refractivity contribution in [3.8, 4) is 5.75 Å². The summed E-state index contributed by atoms with van der Waals surface area (Å²) < 4.78 is 0.764. The molecule has 0 radical (unpaired) electrons. The number of benzene rings is 2. The van der Waals surface area contributed by atoms with E-state index in [9.17, 15) is 9.90 Å². The number of aromatic hydroxyl groups is 1. The molecular formula is C18H17BrClN3O2. The van der Waals surface area contributed by atoms with Crippen LogP contribution in [-0.2, 0) is 11.2 Å². The number of phenols is 1. The molecule has 0 bridgehead atoms. The zero-order valence-electron chi connectivity index (χ0n) is 13.3. The zero-order valence-corrected chi connectivity index (χ0v) is 15.6. The van der Waals surface area contributed by atoms with Crippen molar-refractivity contribution in [1.82, 2.24) is 5.43 Å². The summed E-state index contributed by atoms with van der Waals surface area (Å²) in [6, 6.07) is 10.6. The second-order valence-electron chi connectivity index (χ2n) is 5.12. The molecule has 0 heterocycles. The fourth-order valence-corrected chi connectivity index (χ4v) is 2.88. The van der Waals surface area contributed by atoms with Crippen LogP contribution in [0.5, 0.6) is 5.75 Å². The van der Waals surface area contributed by atoms with Crippen molar-refractivity contribution in [3.05, 3.63) is 69.7 Å². The topological polar surface area (TPSA) is 73.7 Å². The van der Waals surface area contributed by atoms with E-state index in [0.717, 1.165) is 15.7 Å². The summed E-state index contributed by atoms with van der Waals surface area (Å²) in [7, 11) is 0. The van der Waals surface area contributed by atoms with Crippen molar-refractivity contribution < 1.29 is 9.90 Å². The molecule has 1 amide bonds. The van der Waals surface area contributed by atoms with Crippen molar-refractivity contribution in [1.29, 1.82) is 0 Å². The summed E-state index contributed by atoms with van der Waals surface area (Å²) in [6.07, 6.45) is 3.66. The first-order chi connectivity index (χ1) is 12.0. The van der Waals surface area contributed by atoms with Crippen LogP contribution in [0.3, 0.4) is 0 Å². The van der Waals surface area contributed by atoms with Crippen molar-refractivity contribution in [2.45, 2.75) is 6.42 Å². The van der Waals surface area contributed by atoms with Gasteiger partial charge >= 0.3 is 0 Å². The molecular weight excluding hydrogens is 406 g/mol. The van der Waals surface area contributed by atoms with Crippen molar-refractivity contribution >= 4 is 45.3 Å². The Morgan fingerprint density at radius 1 is 1.36 bits per heavy atom. The van der Waals surface area contributed by atoms with Crippen LogP contribution in [0.2, 0.25) is 5.02 Å². The molecule has 0 aliphatic carbocycles. The third-order valence-corrected chi connectivity index (χ3v) is 4.17. The van der Waals surface area contributed by atoms with Crippen LogP contribution in [0.4, 0.5) is 5.69 Å². The molecule has 0 saturated heterocycles. The lowest BCUT2D eigenvalue weighted by Crippen LogP contribution is -2.26. The Kier molecular flexibility index (Phi) is 7.03. The van der Waals surface area contributed by atoms with Gasteiger partial charge in [-0.15, -0.1) is 6.58 Å². The lowest BCUT2D eigenvalue weighted by atomic mass is 10.1. The molecule has 2 rings (SSSR count). The minimum atomic E-state index is -0.320. The van der Waals surface area contributed by atoms with E-state index in [-0.39, 0.29) is 18.2 Å². The number of para-hydroxylation sites is 1. The van der Waals surface area contributed by atoms with Gasteiger partial charge in [0.2, 0.25) is 0 Å². The van der Waals surface area contributed by atoms with E-state index in [1.165, 1.54) is 6.21 Å². The number of rotatable bonds is 7. The minimum absolute atomic E-state index is 0.0417. The first-order valence-corrected chi connectivity index (χ1v) is 8.61. The summed E-state index contributed by atoms with van der Waals surface area (Å²) >= 11 is 9.23. The number of carbonyl (C=O) groups excluding carboxylic acids is 1. The number of allylic oxidation sites excluding steroid dienone is 1. The van der Waals surface area contributed by atoms with Gasteiger partial charge in [-0.05, 0) is 52.2 Å². The summed E-state index contributed by atoms with van der Waals surface area (Å²) in [4.78, 5) is 11.8. The third-order valence-electron chi connectivity index (χ3n) is 3.28. The lowest BCUT2D eigenvalue weighted by Gasteiger charge is -2.08. The Labute approximate surface area is 159 Å². The maximum absolute atomic E-state index is 11.8. The first kappa shape index (κ1) is 19.0. The predicted molar refractivity (Wildman–Crippen MR) is 105 cm³/mol. The molecule has 3 N–H and O–H groups in total. The molecule has 0 aromatic heterocycles. The number of carbonyl (C=O) groups is 1. The molecule has 0 atom stereocenters. The largest absolute Gasteiger partial charge is 0.507 e. The number of anilines is 1. The third kappa shape index (κ3) is 5.62. The maximum atomic E-state index is 11.8. The normalized spacial score (nSPS) is 10.6. The first-order valence-electron chi connectivity index (χ1n) is 7.44. The van der Waals surface area contributed by atoms with Crippen LogP contribution in [-0.4, -0.2) is 23.8 Å². The fraction of sp³-hybridized carbons (Fsp3) is 0.111. The Balaban J connectivity index is 1.90. The van der Waals surface area contributed by atoms with Crippen LogP contribution in [0.1, 0.15) is 11.1 Å². The molecule has 0 unspecified atom stereocenters. The molecule has 0 fully saturated rings. The second kappa shape index (κ2) is 9.25. The Morgan fingerprint density at radius 3 is 2.88 bits per heavy atom. The molecule has 0 aliphatic rings. The number of amides is 1. The van der Waals surface area contributed by atoms with Gasteiger partial charge in [0.05, 0.1) is 12.8 Å². The highest BCUT2D eigenvalue weighted by Crippen LogP contribution is 2.25. The number of halogens is 2. The van der Waals surface area contributed by atoms with E-state index < -0.39 is 0 Å². The van der Waals surface area contributed by atoms with E-state index in [1.54, 1.807) is 42.5 Å². The van der Waals surface area contributed by atoms with Gasteiger partial charge in [-0.25, -0.2) is 5.43 Å². The maximum Gasteiger partial charge on any atom is 0.259 e. The van der Waals surface area contributed by atoms with E-state index in [2.05, 4.69) is 38.4 Å². The highest BCUT2D eigenvalue weighted by molar-refractivity contribution is 9.10. The molecule has 5 nitrogen and oxygen atoms in total. The molecule has 25 heavy (non-hydrogen) atoms. The number of nitrogens with one attached hydrogen (secondary N) is 2. The van der Waals surface area contributed by atoms with Crippen LogP contribution < -0.4 is 10.7 Å². The van der Waals surface area contributed by atoms with Gasteiger partial charge in [0, 0.05) is 20.7 Å². The molecule has 2 aromatic carbocycles. The van der Waals surface area contributed by atoms with Crippen molar-refractivity contribution in [3.63, 3.8) is 0 Å². The van der Waals surface area contributed by atoms with Crippen LogP contribution in [0.25, 0.3) is 0 Å². The van der Waals surface area contributed by atoms with Gasteiger partial charge < -0.3 is 10.4 Å². The fourth-order valence-electron chi connectivity index (χ4n) is 2.06. The Hall–Kier alpha value is -2.31. The van der Waals surface area contributed by atoms with E-state index in [4.69, 9.17) is 11.6 Å². The number of hydrazone groups is 1. The van der Waals surface area contributed by atoms with Crippen LogP contribution in [0, 0.1) is 0 Å². The summed E-state index contributed by atoms with van der Waals surface area (Å²) in [5.74, 6) is -0.191. The van der Waals surface area contributed by atoms with Gasteiger partial charge in [0.1, 0.15) is 5.75 Å². The van der Waals surface area contributed by atoms with Gasteiger partial charge in [0.15, 0.2) is 0 Å². The van der Waals surface area contributed by atoms with Crippen LogP contribution >= 0.6 is 27.5 Å². The quantitative estimate of drug-likeness (QED) is 0.357. The average Bonchev–Trinajstić information content (AvgIpc) is 2.57. The van der Waals surface area contributed by atoms with Crippen molar-refractivity contribution in [2.75, 3.05) is 11.9 Å². The van der Waals surface area contributed by atoms with E-state index in [0.29, 0.717) is 17.0 Å². The number of hydrogen-bond acceptors (Lipinski definition) is 4. The SMILES string of the molecule is C=CCc1cccc(C=NNC(=O)CNc2ccc(Cl)cc2Br)c1O. The molecule has 130 valence electrons. The standard InChI is InChI=1S/C18H17BrClN3O2/c1-2-4-12-5-3-6-13(18(12)25)10-22-23-17(24)11-21-16-8-7-14(20)9-15(16)19/h2-3,5-10,21,25H,1,4,11H2,(H,23,24). The smallest absolute Gasteiger partial charge is 0.259 e. The second-order valence-corrected chi connectivity index (χ2v) is 6.41. The molecule has 0 aliphatic heterocycles. The lowest BCUT2D eigenvalue weighted by molar-refractivity contribution is -0.119. The van der Waals surface area contributed by atoms with E-state index in [1.807, 2.05) is 0 Å². The zero-order chi connectivity index (χ0) is 18.2. The van der Waals surface area contributed by atoms with Crippen LogP contribution in [0.15, 0.2) is 58.6 Å². The highest BCUT2D eigenvalue weighted by atomic mass is 79.9. The molecule has 2 aromatic rings. The van der Waals surface area contributed by atoms with Crippen molar-refractivity contribution in [2.24, 2.45) is 5.10 Å². The monoisotopic (exact) mass is 421 g/mol. The average molecular weight is 423 g/mol. The summed E-state index contributed by atoms with van der Waals surface area (Å²) in [5, 5.41) is 17.6. The van der Waals surface area contributed by atoms with Gasteiger partial charge in [-0.3, -0.25) is 4.79 Å². The van der Waals surface area contributed by atoms with E-state index >= 15 is 0 Å². The predicted octanol–water partition coefficient (Wildman–Crippen LogP) is 4.10. The van der Waals surface area contributed by atoms with Gasteiger partial charge in [-0.1, -0.05) is 29.8 Å². The Morgan fingerprint density at radius 2 is 2.16 bits per heavy atom. The summed E-state index contributed by atoms with van der Waals surface area (Å²) in [6.45, 7) is 3.69. The molecule has 7 heteroatoms. The minimum Gasteiger partial charge on any atom is -0.507 e. The van der Waals surface area contributed by atoms with Gasteiger partial charge in [-0.2, -0.15) is 5.10 Å². The molecule has 0 spiro atoms. The number of nitrogens with zero attached hydrogens (tertiary/aromatic N) is 1. The highest BCUT2D eigenvalue weighted by Gasteiger charge is 2.05. The Bertz CT molecular complexity index is 809.